The molecule has 0 atom stereocenters. The number of rotatable bonds is 7. The zero-order valence-electron chi connectivity index (χ0n) is 14.0. The first kappa shape index (κ1) is 18.2. The minimum Gasteiger partial charge on any atom is -0.395 e. The van der Waals surface area contributed by atoms with E-state index in [1.165, 1.54) is 12.1 Å². The van der Waals surface area contributed by atoms with Crippen molar-refractivity contribution in [3.63, 3.8) is 0 Å². The van der Waals surface area contributed by atoms with Crippen molar-refractivity contribution in [2.45, 2.75) is 11.4 Å². The number of para-hydroxylation sites is 1. The van der Waals surface area contributed by atoms with E-state index in [-0.39, 0.29) is 17.3 Å². The number of fused-ring (bicyclic) bond motifs is 1. The minimum atomic E-state index is -3.48. The molecule has 136 valence electrons. The predicted octanol–water partition coefficient (Wildman–Crippen LogP) is 2.82. The predicted molar refractivity (Wildman–Crippen MR) is 98.8 cm³/mol. The topological polar surface area (TPSA) is 104 Å². The van der Waals surface area contributed by atoms with E-state index in [1.54, 1.807) is 12.1 Å². The third-order valence-electron chi connectivity index (χ3n) is 3.94. The summed E-state index contributed by atoms with van der Waals surface area (Å²) in [6, 6.07) is 13.8. The fourth-order valence-electron chi connectivity index (χ4n) is 2.67. The van der Waals surface area contributed by atoms with Crippen LogP contribution in [0.15, 0.2) is 69.9 Å². The Kier molecular flexibility index (Phi) is 5.46. The normalized spacial score (nSPS) is 12.2. The van der Waals surface area contributed by atoms with Gasteiger partial charge in [0, 0.05) is 18.1 Å². The first-order valence-corrected chi connectivity index (χ1v) is 9.74. The maximum Gasteiger partial charge on any atom is 0.180 e. The molecule has 26 heavy (non-hydrogen) atoms. The summed E-state index contributed by atoms with van der Waals surface area (Å²) in [6.45, 7) is 0.0776. The molecular weight excluding hydrogens is 354 g/mol. The summed E-state index contributed by atoms with van der Waals surface area (Å²) in [5, 5.41) is 27.4. The van der Waals surface area contributed by atoms with Crippen LogP contribution in [0, 0.1) is 0 Å². The Hall–Kier alpha value is -2.55. The molecule has 3 aromatic rings. The average molecular weight is 373 g/mol. The first-order valence-electron chi connectivity index (χ1n) is 8.09. The summed E-state index contributed by atoms with van der Waals surface area (Å²) < 4.78 is 25.7. The molecule has 2 aromatic carbocycles. The van der Waals surface area contributed by atoms with E-state index < -0.39 is 16.4 Å². The van der Waals surface area contributed by atoms with Gasteiger partial charge in [-0.1, -0.05) is 18.2 Å². The van der Waals surface area contributed by atoms with E-state index in [0.717, 1.165) is 10.9 Å². The van der Waals surface area contributed by atoms with E-state index >= 15 is 0 Å². The van der Waals surface area contributed by atoms with Crippen molar-refractivity contribution in [3.8, 4) is 0 Å². The van der Waals surface area contributed by atoms with Crippen molar-refractivity contribution in [1.29, 1.82) is 0 Å². The highest BCUT2D eigenvalue weighted by Gasteiger charge is 2.13. The molecule has 1 heterocycles. The van der Waals surface area contributed by atoms with Gasteiger partial charge in [0.2, 0.25) is 0 Å². The Labute approximate surface area is 151 Å². The Morgan fingerprint density at radius 3 is 2.35 bits per heavy atom. The summed E-state index contributed by atoms with van der Waals surface area (Å²) in [6.07, 6.45) is 1.82. The van der Waals surface area contributed by atoms with Crippen LogP contribution in [0.5, 0.6) is 0 Å². The zero-order chi connectivity index (χ0) is 18.6. The fourth-order valence-corrected chi connectivity index (χ4v) is 3.70. The van der Waals surface area contributed by atoms with Gasteiger partial charge < -0.3 is 14.8 Å². The molecule has 1 aromatic heterocycles. The molecule has 3 rings (SSSR count). The first-order chi connectivity index (χ1) is 12.5. The third-order valence-corrected chi connectivity index (χ3v) is 5.65. The van der Waals surface area contributed by atoms with Crippen LogP contribution in [-0.4, -0.2) is 42.2 Å². The maximum atomic E-state index is 11.9. The Morgan fingerprint density at radius 2 is 1.65 bits per heavy atom. The highest BCUT2D eigenvalue weighted by atomic mass is 32.2. The molecule has 0 saturated carbocycles. The molecule has 2 N–H and O–H groups in total. The van der Waals surface area contributed by atoms with Crippen LogP contribution in [-0.2, 0) is 16.4 Å². The van der Waals surface area contributed by atoms with E-state index in [9.17, 15) is 13.5 Å². The van der Waals surface area contributed by atoms with Crippen LogP contribution >= 0.6 is 0 Å². The molecule has 0 aliphatic carbocycles. The van der Waals surface area contributed by atoms with Crippen LogP contribution in [0.3, 0.4) is 0 Å². The Bertz CT molecular complexity index is 1020. The van der Waals surface area contributed by atoms with Crippen molar-refractivity contribution < 1.29 is 18.6 Å². The van der Waals surface area contributed by atoms with E-state index in [1.807, 2.05) is 35.0 Å². The van der Waals surface area contributed by atoms with Gasteiger partial charge in [0.1, 0.15) is 5.69 Å². The van der Waals surface area contributed by atoms with Crippen LogP contribution in [0.1, 0.15) is 0 Å². The van der Waals surface area contributed by atoms with Gasteiger partial charge in [-0.2, -0.15) is 5.11 Å². The second kappa shape index (κ2) is 7.77. The van der Waals surface area contributed by atoms with Crippen molar-refractivity contribution in [1.82, 2.24) is 4.57 Å². The number of sulfone groups is 1. The lowest BCUT2D eigenvalue weighted by Gasteiger charge is -2.02. The lowest BCUT2D eigenvalue weighted by atomic mass is 10.2. The standard InChI is InChI=1S/C18H19N3O4S/c22-10-9-21-13-17(16-3-1-2-4-18(16)21)20-19-14-5-7-15(8-6-14)26(24,25)12-11-23/h1-8,13,22-23H,9-12H2. The fraction of sp³-hybridized carbons (Fsp3) is 0.222. The number of aliphatic hydroxyl groups is 2. The van der Waals surface area contributed by atoms with Crippen molar-refractivity contribution in [2.75, 3.05) is 19.0 Å². The van der Waals surface area contributed by atoms with Gasteiger partial charge in [0.05, 0.1) is 35.1 Å². The zero-order valence-corrected chi connectivity index (χ0v) is 14.8. The Morgan fingerprint density at radius 1 is 0.923 bits per heavy atom. The van der Waals surface area contributed by atoms with Crippen LogP contribution < -0.4 is 0 Å². The molecule has 0 amide bonds. The summed E-state index contributed by atoms with van der Waals surface area (Å²) in [5.74, 6) is -0.307. The summed E-state index contributed by atoms with van der Waals surface area (Å²) in [5.41, 5.74) is 2.15. The Balaban J connectivity index is 1.88. The largest absolute Gasteiger partial charge is 0.395 e. The van der Waals surface area contributed by atoms with E-state index in [4.69, 9.17) is 5.11 Å². The average Bonchev–Trinajstić information content (AvgIpc) is 2.99. The molecule has 0 saturated heterocycles. The third kappa shape index (κ3) is 3.82. The lowest BCUT2D eigenvalue weighted by molar-refractivity contribution is 0.278. The molecule has 0 radical (unpaired) electrons. The van der Waals surface area contributed by atoms with Gasteiger partial charge >= 0.3 is 0 Å². The molecule has 0 unspecified atom stereocenters. The molecule has 0 fully saturated rings. The molecular formula is C18H19N3O4S. The van der Waals surface area contributed by atoms with Crippen LogP contribution in [0.2, 0.25) is 0 Å². The number of nitrogens with zero attached hydrogens (tertiary/aromatic N) is 3. The maximum absolute atomic E-state index is 11.9. The second-order valence-electron chi connectivity index (χ2n) is 5.68. The number of azo groups is 1. The molecule has 7 nitrogen and oxygen atoms in total. The minimum absolute atomic E-state index is 0.0268. The van der Waals surface area contributed by atoms with Crippen molar-refractivity contribution in [2.24, 2.45) is 10.2 Å². The molecule has 0 bridgehead atoms. The van der Waals surface area contributed by atoms with Gasteiger partial charge in [-0.25, -0.2) is 8.42 Å². The number of benzene rings is 2. The van der Waals surface area contributed by atoms with E-state index in [0.29, 0.717) is 17.9 Å². The van der Waals surface area contributed by atoms with Crippen molar-refractivity contribution >= 4 is 32.1 Å². The molecule has 0 spiro atoms. The van der Waals surface area contributed by atoms with E-state index in [2.05, 4.69) is 10.2 Å². The SMILES string of the molecule is O=S(=O)(CCO)c1ccc(N=Nc2cn(CCO)c3ccccc23)cc1. The van der Waals surface area contributed by atoms with Gasteiger partial charge in [0.15, 0.2) is 9.84 Å². The number of aliphatic hydroxyl groups excluding tert-OH is 2. The lowest BCUT2D eigenvalue weighted by Crippen LogP contribution is -2.09. The summed E-state index contributed by atoms with van der Waals surface area (Å²) in [7, 11) is -3.48. The van der Waals surface area contributed by atoms with Gasteiger partial charge in [-0.3, -0.25) is 0 Å². The smallest absolute Gasteiger partial charge is 0.180 e. The quantitative estimate of drug-likeness (QED) is 0.621. The highest BCUT2D eigenvalue weighted by Crippen LogP contribution is 2.30. The van der Waals surface area contributed by atoms with Gasteiger partial charge in [-0.15, -0.1) is 5.11 Å². The number of hydrogen-bond donors (Lipinski definition) is 2. The second-order valence-corrected chi connectivity index (χ2v) is 7.79. The summed E-state index contributed by atoms with van der Waals surface area (Å²) in [4.78, 5) is 0.144. The van der Waals surface area contributed by atoms with Gasteiger partial charge in [-0.05, 0) is 30.3 Å². The monoisotopic (exact) mass is 373 g/mol. The highest BCUT2D eigenvalue weighted by molar-refractivity contribution is 7.91. The molecule has 0 aliphatic heterocycles. The molecule has 0 aliphatic rings. The molecule has 8 heteroatoms. The summed E-state index contributed by atoms with van der Waals surface area (Å²) >= 11 is 0. The van der Waals surface area contributed by atoms with Gasteiger partial charge in [0.25, 0.3) is 0 Å². The number of hydrogen-bond acceptors (Lipinski definition) is 6. The van der Waals surface area contributed by atoms with Crippen molar-refractivity contribution in [3.05, 3.63) is 54.7 Å². The van der Waals surface area contributed by atoms with Crippen LogP contribution in [0.25, 0.3) is 10.9 Å². The van der Waals surface area contributed by atoms with Crippen LogP contribution in [0.4, 0.5) is 11.4 Å². The number of aromatic nitrogens is 1.